The highest BCUT2D eigenvalue weighted by atomic mass is 32.2. The van der Waals surface area contributed by atoms with Crippen molar-refractivity contribution in [2.24, 2.45) is 4.99 Å². The van der Waals surface area contributed by atoms with E-state index in [1.165, 1.54) is 17.2 Å². The number of carbonyl (C=O) groups excluding carboxylic acids is 2. The summed E-state index contributed by atoms with van der Waals surface area (Å²) in [4.78, 5) is 29.0. The number of Topliss-reactive ketones (excluding diaryl/α,β-unsaturated/α-hetero) is 1. The molecule has 0 atom stereocenters. The minimum absolute atomic E-state index is 0.0365. The fraction of sp³-hybridized carbons (Fsp3) is 0.160. The topological polar surface area (TPSA) is 102 Å². The van der Waals surface area contributed by atoms with E-state index in [-0.39, 0.29) is 36.1 Å². The Morgan fingerprint density at radius 1 is 0.909 bits per heavy atom. The Morgan fingerprint density at radius 3 is 2.48 bits per heavy atom. The smallest absolute Gasteiger partial charge is 0.308 e. The van der Waals surface area contributed by atoms with Crippen LogP contribution >= 0.6 is 0 Å². The monoisotopic (exact) mass is 460 g/mol. The molecule has 2 aliphatic rings. The number of fused-ring (bicyclic) bond motifs is 4. The van der Waals surface area contributed by atoms with Crippen molar-refractivity contribution >= 4 is 27.6 Å². The lowest BCUT2D eigenvalue weighted by atomic mass is 10.0. The first-order chi connectivity index (χ1) is 15.9. The molecule has 1 heterocycles. The molecule has 0 bridgehead atoms. The van der Waals surface area contributed by atoms with Crippen LogP contribution in [0.25, 0.3) is 11.1 Å². The number of ether oxygens (including phenoxy) is 1. The third kappa shape index (κ3) is 4.05. The van der Waals surface area contributed by atoms with Gasteiger partial charge in [-0.15, -0.1) is 0 Å². The lowest BCUT2D eigenvalue weighted by molar-refractivity contribution is -0.142. The summed E-state index contributed by atoms with van der Waals surface area (Å²) in [6.45, 7) is -0.319. The molecule has 0 spiro atoms. The van der Waals surface area contributed by atoms with Crippen LogP contribution in [0, 0.1) is 0 Å². The predicted molar refractivity (Wildman–Crippen MR) is 123 cm³/mol. The lowest BCUT2D eigenvalue weighted by Gasteiger charge is -2.06. The number of amidine groups is 1. The number of aliphatic imine (C=N–C) groups is 1. The van der Waals surface area contributed by atoms with Gasteiger partial charge in [-0.3, -0.25) is 19.3 Å². The van der Waals surface area contributed by atoms with Gasteiger partial charge in [-0.1, -0.05) is 48.5 Å². The lowest BCUT2D eigenvalue weighted by Crippen LogP contribution is -2.22. The number of ketones is 1. The van der Waals surface area contributed by atoms with Crippen LogP contribution < -0.4 is 4.72 Å². The molecule has 3 aromatic rings. The van der Waals surface area contributed by atoms with Gasteiger partial charge < -0.3 is 4.74 Å². The molecular formula is C25H20N2O5S. The second-order valence-electron chi connectivity index (χ2n) is 7.87. The number of rotatable bonds is 6. The van der Waals surface area contributed by atoms with Crippen LogP contribution in [-0.2, 0) is 26.0 Å². The molecule has 0 amide bonds. The normalized spacial score (nSPS) is 15.9. The molecule has 5 rings (SSSR count). The van der Waals surface area contributed by atoms with Gasteiger partial charge >= 0.3 is 5.97 Å². The molecule has 8 heteroatoms. The van der Waals surface area contributed by atoms with Crippen LogP contribution in [-0.4, -0.2) is 39.2 Å². The molecule has 0 fully saturated rings. The highest BCUT2D eigenvalue weighted by Crippen LogP contribution is 2.36. The molecule has 0 saturated heterocycles. The first kappa shape index (κ1) is 21.1. The summed E-state index contributed by atoms with van der Waals surface area (Å²) in [5.41, 5.74) is 5.54. The van der Waals surface area contributed by atoms with Gasteiger partial charge in [0.2, 0.25) is 0 Å². The van der Waals surface area contributed by atoms with Gasteiger partial charge in [0.1, 0.15) is 5.84 Å². The summed E-state index contributed by atoms with van der Waals surface area (Å²) >= 11 is 0. The molecule has 1 aliphatic heterocycles. The van der Waals surface area contributed by atoms with Gasteiger partial charge in [0, 0.05) is 11.1 Å². The number of hydrogen-bond acceptors (Lipinski definition) is 6. The Labute approximate surface area is 191 Å². The van der Waals surface area contributed by atoms with E-state index in [9.17, 15) is 18.0 Å². The minimum atomic E-state index is -3.62. The molecule has 1 aliphatic carbocycles. The standard InChI is InChI=1S/C25H20N2O5S/c28-22(18-10-9-17-13-16-5-1-2-6-19(16)21(17)14-18)15-32-24(29)11-12-26-25-20-7-3-4-8-23(20)33(30,31)27-25/h1-10,14H,11-13,15H2,(H,26,27). The van der Waals surface area contributed by atoms with Crippen molar-refractivity contribution < 1.29 is 22.7 Å². The second-order valence-corrected chi connectivity index (χ2v) is 9.52. The predicted octanol–water partition coefficient (Wildman–Crippen LogP) is 3.11. The van der Waals surface area contributed by atoms with Gasteiger partial charge in [-0.25, -0.2) is 8.42 Å². The van der Waals surface area contributed by atoms with Crippen molar-refractivity contribution in [2.75, 3.05) is 13.2 Å². The number of carbonyl (C=O) groups is 2. The highest BCUT2D eigenvalue weighted by Gasteiger charge is 2.30. The summed E-state index contributed by atoms with van der Waals surface area (Å²) in [6.07, 6.45) is 0.774. The number of sulfonamides is 1. The number of hydrogen-bond donors (Lipinski definition) is 1. The van der Waals surface area contributed by atoms with E-state index in [4.69, 9.17) is 4.74 Å². The molecule has 7 nitrogen and oxygen atoms in total. The average Bonchev–Trinajstić information content (AvgIpc) is 3.31. The third-order valence-electron chi connectivity index (χ3n) is 5.73. The van der Waals surface area contributed by atoms with Crippen molar-refractivity contribution in [3.8, 4) is 11.1 Å². The Hall–Kier alpha value is -3.78. The Kier molecular flexibility index (Phi) is 5.30. The Morgan fingerprint density at radius 2 is 1.64 bits per heavy atom. The van der Waals surface area contributed by atoms with Crippen LogP contribution in [0.3, 0.4) is 0 Å². The summed E-state index contributed by atoms with van der Waals surface area (Å²) in [5, 5.41) is 0. The molecule has 0 unspecified atom stereocenters. The zero-order chi connectivity index (χ0) is 23.0. The van der Waals surface area contributed by atoms with Crippen LogP contribution in [0.5, 0.6) is 0 Å². The van der Waals surface area contributed by atoms with E-state index < -0.39 is 16.0 Å². The molecule has 166 valence electrons. The number of nitrogens with zero attached hydrogens (tertiary/aromatic N) is 1. The van der Waals surface area contributed by atoms with Crippen LogP contribution in [0.4, 0.5) is 0 Å². The summed E-state index contributed by atoms with van der Waals surface area (Å²) < 4.78 is 31.7. The van der Waals surface area contributed by atoms with Crippen LogP contribution in [0.1, 0.15) is 33.5 Å². The van der Waals surface area contributed by atoms with E-state index in [2.05, 4.69) is 15.8 Å². The molecule has 1 N–H and O–H groups in total. The fourth-order valence-corrected chi connectivity index (χ4v) is 5.36. The maximum absolute atomic E-state index is 12.6. The highest BCUT2D eigenvalue weighted by molar-refractivity contribution is 7.90. The van der Waals surface area contributed by atoms with Crippen molar-refractivity contribution in [1.82, 2.24) is 4.72 Å². The van der Waals surface area contributed by atoms with Gasteiger partial charge in [-0.2, -0.15) is 0 Å². The first-order valence-electron chi connectivity index (χ1n) is 10.5. The Bertz CT molecular complexity index is 1430. The van der Waals surface area contributed by atoms with Crippen molar-refractivity contribution in [3.05, 3.63) is 89.0 Å². The van der Waals surface area contributed by atoms with E-state index in [1.54, 1.807) is 24.3 Å². The van der Waals surface area contributed by atoms with E-state index in [0.717, 1.165) is 17.5 Å². The maximum Gasteiger partial charge on any atom is 0.308 e. The fourth-order valence-electron chi connectivity index (χ4n) is 4.11. The van der Waals surface area contributed by atoms with E-state index in [0.29, 0.717) is 11.1 Å². The maximum atomic E-state index is 12.6. The van der Waals surface area contributed by atoms with E-state index >= 15 is 0 Å². The van der Waals surface area contributed by atoms with Crippen molar-refractivity contribution in [1.29, 1.82) is 0 Å². The number of nitrogens with one attached hydrogen (secondary N) is 1. The summed E-state index contributed by atoms with van der Waals surface area (Å²) in [5.74, 6) is -0.652. The SMILES string of the molecule is O=C(CCN=C1NS(=O)(=O)c2ccccc21)OCC(=O)c1ccc2c(c1)-c1ccccc1C2. The van der Waals surface area contributed by atoms with Crippen molar-refractivity contribution in [2.45, 2.75) is 17.7 Å². The van der Waals surface area contributed by atoms with Gasteiger partial charge in [0.15, 0.2) is 12.4 Å². The van der Waals surface area contributed by atoms with Crippen LogP contribution in [0.2, 0.25) is 0 Å². The van der Waals surface area contributed by atoms with E-state index in [1.807, 2.05) is 30.3 Å². The number of esters is 1. The van der Waals surface area contributed by atoms with Gasteiger partial charge in [0.25, 0.3) is 10.0 Å². The first-order valence-corrected chi connectivity index (χ1v) is 12.0. The van der Waals surface area contributed by atoms with Gasteiger partial charge in [0.05, 0.1) is 17.9 Å². The molecule has 0 aromatic heterocycles. The molecular weight excluding hydrogens is 440 g/mol. The molecule has 3 aromatic carbocycles. The second kappa shape index (κ2) is 8.29. The summed E-state index contributed by atoms with van der Waals surface area (Å²) in [7, 11) is -3.62. The third-order valence-corrected chi connectivity index (χ3v) is 7.13. The summed E-state index contributed by atoms with van der Waals surface area (Å²) in [6, 6.07) is 20.2. The van der Waals surface area contributed by atoms with Crippen molar-refractivity contribution in [3.63, 3.8) is 0 Å². The Balaban J connectivity index is 1.18. The quantitative estimate of drug-likeness (QED) is 0.352. The number of benzene rings is 3. The largest absolute Gasteiger partial charge is 0.457 e. The average molecular weight is 461 g/mol. The minimum Gasteiger partial charge on any atom is -0.457 e. The zero-order valence-corrected chi connectivity index (χ0v) is 18.4. The zero-order valence-electron chi connectivity index (χ0n) is 17.6. The molecule has 0 radical (unpaired) electrons. The molecule has 33 heavy (non-hydrogen) atoms. The van der Waals surface area contributed by atoms with Gasteiger partial charge in [-0.05, 0) is 46.9 Å². The van der Waals surface area contributed by atoms with Crippen LogP contribution in [0.15, 0.2) is 76.6 Å². The molecule has 0 saturated carbocycles.